The van der Waals surface area contributed by atoms with Crippen molar-refractivity contribution in [2.45, 2.75) is 44.8 Å². The van der Waals surface area contributed by atoms with Crippen LogP contribution in [0.25, 0.3) is 0 Å². The Kier molecular flexibility index (Phi) is 15.2. The molecule has 0 unspecified atom stereocenters. The van der Waals surface area contributed by atoms with E-state index in [1.54, 1.807) is 0 Å². The number of sulfone groups is 1. The van der Waals surface area contributed by atoms with Crippen LogP contribution in [0.3, 0.4) is 0 Å². The van der Waals surface area contributed by atoms with E-state index >= 15 is 0 Å². The van der Waals surface area contributed by atoms with Gasteiger partial charge in [-0.25, -0.2) is 8.42 Å². The minimum absolute atomic E-state index is 0. The summed E-state index contributed by atoms with van der Waals surface area (Å²) < 4.78 is 24.5. The maximum Gasteiger partial charge on any atom is 0.193 e. The lowest BCUT2D eigenvalue weighted by atomic mass is 10.2. The van der Waals surface area contributed by atoms with Crippen molar-refractivity contribution in [2.24, 2.45) is 4.99 Å². The van der Waals surface area contributed by atoms with Crippen molar-refractivity contribution in [3.8, 4) is 0 Å². The molecule has 0 aliphatic heterocycles. The van der Waals surface area contributed by atoms with Crippen LogP contribution in [0.5, 0.6) is 0 Å². The van der Waals surface area contributed by atoms with Crippen LogP contribution in [0.2, 0.25) is 0 Å². The number of hydrogen-bond donors (Lipinski definition) is 1. The van der Waals surface area contributed by atoms with Crippen LogP contribution < -0.4 is 5.32 Å². The predicted octanol–water partition coefficient (Wildman–Crippen LogP) is 4.25. The number of benzene rings is 1. The number of aliphatic imine (C=N–C) groups is 1. The van der Waals surface area contributed by atoms with E-state index in [2.05, 4.69) is 21.8 Å². The van der Waals surface area contributed by atoms with Gasteiger partial charge < -0.3 is 10.2 Å². The second kappa shape index (κ2) is 15.8. The van der Waals surface area contributed by atoms with Crippen molar-refractivity contribution in [3.63, 3.8) is 0 Å². The summed E-state index contributed by atoms with van der Waals surface area (Å²) in [5, 5.41) is 3.28. The first kappa shape index (κ1) is 26.9. The summed E-state index contributed by atoms with van der Waals surface area (Å²) >= 11 is 0. The molecular weight excluding hydrogens is 485 g/mol. The highest BCUT2D eigenvalue weighted by atomic mass is 127. The molecule has 5 nitrogen and oxygen atoms in total. The average molecular weight is 522 g/mol. The number of unbranched alkanes of at least 4 members (excludes halogenated alkanes) is 3. The molecule has 0 spiro atoms. The second-order valence-corrected chi connectivity index (χ2v) is 8.91. The Bertz CT molecular complexity index is 663. The lowest BCUT2D eigenvalue weighted by Gasteiger charge is -2.22. The Morgan fingerprint density at radius 3 is 2.54 bits per heavy atom. The van der Waals surface area contributed by atoms with E-state index in [1.807, 2.05) is 50.4 Å². The number of allylic oxidation sites excluding steroid dienone is 1. The monoisotopic (exact) mass is 521 g/mol. The zero-order valence-corrected chi connectivity index (χ0v) is 20.4. The van der Waals surface area contributed by atoms with Crippen molar-refractivity contribution in [1.82, 2.24) is 10.2 Å². The lowest BCUT2D eigenvalue weighted by molar-refractivity contribution is 0.455. The van der Waals surface area contributed by atoms with Gasteiger partial charge in [0.2, 0.25) is 0 Å². The van der Waals surface area contributed by atoms with Gasteiger partial charge in [0.25, 0.3) is 0 Å². The highest BCUT2D eigenvalue weighted by Gasteiger charge is 2.12. The molecule has 7 heteroatoms. The average Bonchev–Trinajstić information content (AvgIpc) is 2.64. The smallest absolute Gasteiger partial charge is 0.193 e. The molecule has 1 rings (SSSR count). The Morgan fingerprint density at radius 2 is 1.89 bits per heavy atom. The molecular formula is C21H36IN3O2S. The maximum atomic E-state index is 12.3. The summed E-state index contributed by atoms with van der Waals surface area (Å²) in [5.74, 6) is 1.11. The number of nitrogens with one attached hydrogen (secondary N) is 1. The summed E-state index contributed by atoms with van der Waals surface area (Å²) in [5.41, 5.74) is 0.838. The first-order valence-electron chi connectivity index (χ1n) is 9.83. The number of rotatable bonds is 13. The Balaban J connectivity index is 0.00000729. The molecule has 0 fully saturated rings. The van der Waals surface area contributed by atoms with Crippen molar-refractivity contribution < 1.29 is 8.42 Å². The minimum atomic E-state index is -3.10. The highest BCUT2D eigenvalue weighted by Crippen LogP contribution is 2.07. The fourth-order valence-electron chi connectivity index (χ4n) is 2.76. The molecule has 0 radical (unpaired) electrons. The van der Waals surface area contributed by atoms with E-state index < -0.39 is 9.84 Å². The van der Waals surface area contributed by atoms with Crippen LogP contribution in [0.15, 0.2) is 48.0 Å². The van der Waals surface area contributed by atoms with E-state index in [0.29, 0.717) is 13.0 Å². The van der Waals surface area contributed by atoms with Crippen LogP contribution in [0, 0.1) is 0 Å². The van der Waals surface area contributed by atoms with E-state index in [0.717, 1.165) is 37.5 Å². The Hall–Kier alpha value is -1.09. The minimum Gasteiger partial charge on any atom is -0.357 e. The van der Waals surface area contributed by atoms with Crippen LogP contribution in [0.1, 0.15) is 44.6 Å². The van der Waals surface area contributed by atoms with Crippen LogP contribution >= 0.6 is 24.0 Å². The fraction of sp³-hybridized carbons (Fsp3) is 0.571. The lowest BCUT2D eigenvalue weighted by Crippen LogP contribution is -2.39. The molecule has 0 saturated heterocycles. The van der Waals surface area contributed by atoms with E-state index in [-0.39, 0.29) is 35.5 Å². The van der Waals surface area contributed by atoms with Gasteiger partial charge in [0.15, 0.2) is 15.8 Å². The largest absolute Gasteiger partial charge is 0.357 e. The number of halogens is 1. The third-order valence-electron chi connectivity index (χ3n) is 4.20. The first-order valence-corrected chi connectivity index (χ1v) is 11.7. The molecule has 1 aromatic rings. The number of hydrogen-bond acceptors (Lipinski definition) is 3. The molecule has 160 valence electrons. The molecule has 1 N–H and O–H groups in total. The molecule has 0 aromatic heterocycles. The summed E-state index contributed by atoms with van der Waals surface area (Å²) in [6.45, 7) is 8.03. The third-order valence-corrected chi connectivity index (χ3v) is 5.89. The van der Waals surface area contributed by atoms with Gasteiger partial charge in [-0.2, -0.15) is 0 Å². The maximum absolute atomic E-state index is 12.3. The molecule has 0 saturated carbocycles. The summed E-state index contributed by atoms with van der Waals surface area (Å²) in [6, 6.07) is 9.32. The van der Waals surface area contributed by atoms with E-state index in [1.165, 1.54) is 12.8 Å². The second-order valence-electron chi connectivity index (χ2n) is 6.73. The Morgan fingerprint density at radius 1 is 1.18 bits per heavy atom. The zero-order chi connectivity index (χ0) is 20.0. The van der Waals surface area contributed by atoms with E-state index in [9.17, 15) is 8.42 Å². The Labute approximate surface area is 188 Å². The standard InChI is InChI=1S/C21H35N3O2S.HI/c1-4-6-7-8-12-17-24(3)21(22-5-2)23-16-13-18-27(25,26)19-20-14-10-9-11-15-20;/h4,9-11,14-15H,1,5-8,12-13,16-19H2,2-3H3,(H,22,23);1H. The predicted molar refractivity (Wildman–Crippen MR) is 131 cm³/mol. The number of nitrogens with zero attached hydrogens (tertiary/aromatic N) is 2. The van der Waals surface area contributed by atoms with Crippen molar-refractivity contribution >= 4 is 39.8 Å². The van der Waals surface area contributed by atoms with E-state index in [4.69, 9.17) is 0 Å². The van der Waals surface area contributed by atoms with Crippen LogP contribution in [-0.2, 0) is 15.6 Å². The molecule has 0 aliphatic rings. The van der Waals surface area contributed by atoms with Crippen molar-refractivity contribution in [3.05, 3.63) is 48.6 Å². The van der Waals surface area contributed by atoms with Gasteiger partial charge in [-0.3, -0.25) is 4.99 Å². The molecule has 0 heterocycles. The van der Waals surface area contributed by atoms with Crippen molar-refractivity contribution in [2.75, 3.05) is 32.4 Å². The molecule has 28 heavy (non-hydrogen) atoms. The summed E-state index contributed by atoms with van der Waals surface area (Å²) in [7, 11) is -1.07. The summed E-state index contributed by atoms with van der Waals surface area (Å²) in [6.07, 6.45) is 7.02. The summed E-state index contributed by atoms with van der Waals surface area (Å²) in [4.78, 5) is 6.71. The molecule has 1 aromatic carbocycles. The topological polar surface area (TPSA) is 61.8 Å². The molecule has 0 atom stereocenters. The van der Waals surface area contributed by atoms with Gasteiger partial charge in [-0.1, -0.05) is 42.8 Å². The molecule has 0 aliphatic carbocycles. The van der Waals surface area contributed by atoms with Gasteiger partial charge in [-0.05, 0) is 38.2 Å². The number of guanidine groups is 1. The van der Waals surface area contributed by atoms with Gasteiger partial charge >= 0.3 is 0 Å². The SMILES string of the molecule is C=CCCCCCN(C)C(=NCCCS(=O)(=O)Cc1ccccc1)NCC.I. The van der Waals surface area contributed by atoms with Gasteiger partial charge in [0.1, 0.15) is 0 Å². The van der Waals surface area contributed by atoms with Gasteiger partial charge in [0, 0.05) is 26.7 Å². The third kappa shape index (κ3) is 12.4. The van der Waals surface area contributed by atoms with Gasteiger partial charge in [0.05, 0.1) is 11.5 Å². The quantitative estimate of drug-likeness (QED) is 0.139. The molecule has 0 amide bonds. The fourth-order valence-corrected chi connectivity index (χ4v) is 4.17. The van der Waals surface area contributed by atoms with Crippen LogP contribution in [0.4, 0.5) is 0 Å². The highest BCUT2D eigenvalue weighted by molar-refractivity contribution is 14.0. The zero-order valence-electron chi connectivity index (χ0n) is 17.3. The normalized spacial score (nSPS) is 11.6. The van der Waals surface area contributed by atoms with Gasteiger partial charge in [-0.15, -0.1) is 30.6 Å². The first-order chi connectivity index (χ1) is 13.0. The van der Waals surface area contributed by atoms with Crippen LogP contribution in [-0.4, -0.2) is 51.7 Å². The molecule has 0 bridgehead atoms. The van der Waals surface area contributed by atoms with Crippen molar-refractivity contribution in [1.29, 1.82) is 0 Å².